The van der Waals surface area contributed by atoms with Crippen LogP contribution < -0.4 is 5.32 Å². The van der Waals surface area contributed by atoms with Gasteiger partial charge >= 0.3 is 0 Å². The van der Waals surface area contributed by atoms with Crippen molar-refractivity contribution in [2.24, 2.45) is 0 Å². The third-order valence-electron chi connectivity index (χ3n) is 3.76. The van der Waals surface area contributed by atoms with Crippen molar-refractivity contribution in [1.29, 1.82) is 0 Å². The second-order valence-corrected chi connectivity index (χ2v) is 4.87. The molecule has 1 aliphatic heterocycles. The number of hydrogen-bond donors (Lipinski definition) is 1. The van der Waals surface area contributed by atoms with E-state index in [2.05, 4.69) is 43.8 Å². The van der Waals surface area contributed by atoms with Crippen molar-refractivity contribution in [1.82, 2.24) is 10.2 Å². The van der Waals surface area contributed by atoms with E-state index in [0.29, 0.717) is 6.04 Å². The molecular formula is C13H24N2. The Morgan fingerprint density at radius 1 is 1.60 bits per heavy atom. The number of terminal acetylenes is 1. The summed E-state index contributed by atoms with van der Waals surface area (Å²) in [6.45, 7) is 11.0. The molecule has 15 heavy (non-hydrogen) atoms. The molecule has 1 heterocycles. The van der Waals surface area contributed by atoms with Gasteiger partial charge in [-0.2, -0.15) is 0 Å². The quantitative estimate of drug-likeness (QED) is 0.712. The molecule has 3 unspecified atom stereocenters. The van der Waals surface area contributed by atoms with Crippen molar-refractivity contribution in [2.75, 3.05) is 13.1 Å². The normalized spacial score (nSPS) is 34.7. The van der Waals surface area contributed by atoms with E-state index >= 15 is 0 Å². The molecule has 0 saturated carbocycles. The molecule has 0 spiro atoms. The summed E-state index contributed by atoms with van der Waals surface area (Å²) in [6.07, 6.45) is 7.85. The molecule has 0 aromatic rings. The first-order chi connectivity index (χ1) is 7.06. The molecule has 2 heteroatoms. The van der Waals surface area contributed by atoms with Crippen molar-refractivity contribution >= 4 is 0 Å². The van der Waals surface area contributed by atoms with Crippen LogP contribution >= 0.6 is 0 Å². The second-order valence-electron chi connectivity index (χ2n) is 4.87. The lowest BCUT2D eigenvalue weighted by atomic mass is 9.92. The molecule has 1 rings (SSSR count). The minimum Gasteiger partial charge on any atom is -0.309 e. The zero-order chi connectivity index (χ0) is 11.5. The summed E-state index contributed by atoms with van der Waals surface area (Å²) in [6, 6.07) is 0.846. The maximum Gasteiger partial charge on any atom is 0.0686 e. The highest BCUT2D eigenvalue weighted by molar-refractivity contribution is 5.04. The zero-order valence-corrected chi connectivity index (χ0v) is 10.5. The van der Waals surface area contributed by atoms with Gasteiger partial charge in [-0.05, 0) is 26.7 Å². The van der Waals surface area contributed by atoms with E-state index in [1.54, 1.807) is 0 Å². The first kappa shape index (κ1) is 12.5. The molecule has 0 aromatic heterocycles. The molecule has 0 amide bonds. The van der Waals surface area contributed by atoms with Crippen LogP contribution in [-0.4, -0.2) is 35.6 Å². The van der Waals surface area contributed by atoms with Crippen molar-refractivity contribution in [3.63, 3.8) is 0 Å². The number of rotatable bonds is 3. The van der Waals surface area contributed by atoms with Crippen LogP contribution in [0.3, 0.4) is 0 Å². The van der Waals surface area contributed by atoms with Crippen LogP contribution in [0, 0.1) is 12.3 Å². The SMILES string of the molecule is C#CC(C)N1CC(C)(CC)NCC1CC. The molecule has 1 N–H and O–H groups in total. The first-order valence-corrected chi connectivity index (χ1v) is 6.03. The van der Waals surface area contributed by atoms with Crippen LogP contribution in [0.25, 0.3) is 0 Å². The van der Waals surface area contributed by atoms with Crippen molar-refractivity contribution < 1.29 is 0 Å². The fourth-order valence-corrected chi connectivity index (χ4v) is 2.23. The Balaban J connectivity index is 2.74. The highest BCUT2D eigenvalue weighted by Crippen LogP contribution is 2.22. The average Bonchev–Trinajstić information content (AvgIpc) is 2.28. The molecule has 1 fully saturated rings. The first-order valence-electron chi connectivity index (χ1n) is 6.03. The molecule has 1 saturated heterocycles. The van der Waals surface area contributed by atoms with Crippen LogP contribution in [0.15, 0.2) is 0 Å². The molecule has 86 valence electrons. The van der Waals surface area contributed by atoms with Gasteiger partial charge in [-0.3, -0.25) is 4.90 Å². The highest BCUT2D eigenvalue weighted by atomic mass is 15.3. The van der Waals surface area contributed by atoms with Gasteiger partial charge in [0.1, 0.15) is 0 Å². The fourth-order valence-electron chi connectivity index (χ4n) is 2.23. The maximum atomic E-state index is 5.54. The Morgan fingerprint density at radius 3 is 2.73 bits per heavy atom. The molecule has 0 bridgehead atoms. The Morgan fingerprint density at radius 2 is 2.27 bits per heavy atom. The summed E-state index contributed by atoms with van der Waals surface area (Å²) in [7, 11) is 0. The molecule has 1 aliphatic rings. The van der Waals surface area contributed by atoms with Crippen molar-refractivity contribution in [3.05, 3.63) is 0 Å². The number of hydrogen-bond acceptors (Lipinski definition) is 2. The summed E-state index contributed by atoms with van der Waals surface area (Å²) in [4.78, 5) is 2.47. The van der Waals surface area contributed by atoms with Crippen LogP contribution in [-0.2, 0) is 0 Å². The van der Waals surface area contributed by atoms with Crippen LogP contribution in [0.4, 0.5) is 0 Å². The smallest absolute Gasteiger partial charge is 0.0686 e. The minimum atomic E-state index is 0.233. The monoisotopic (exact) mass is 208 g/mol. The van der Waals surface area contributed by atoms with Gasteiger partial charge in [-0.1, -0.05) is 19.8 Å². The van der Waals surface area contributed by atoms with Crippen LogP contribution in [0.2, 0.25) is 0 Å². The Labute approximate surface area is 94.4 Å². The maximum absolute atomic E-state index is 5.54. The van der Waals surface area contributed by atoms with Gasteiger partial charge in [0.15, 0.2) is 0 Å². The molecule has 0 radical (unpaired) electrons. The van der Waals surface area contributed by atoms with Gasteiger partial charge in [0.2, 0.25) is 0 Å². The molecule has 3 atom stereocenters. The largest absolute Gasteiger partial charge is 0.309 e. The predicted molar refractivity (Wildman–Crippen MR) is 65.8 cm³/mol. The fraction of sp³-hybridized carbons (Fsp3) is 0.846. The van der Waals surface area contributed by atoms with E-state index < -0.39 is 0 Å². The third-order valence-corrected chi connectivity index (χ3v) is 3.76. The van der Waals surface area contributed by atoms with Crippen molar-refractivity contribution in [2.45, 2.75) is 58.2 Å². The van der Waals surface area contributed by atoms with Crippen LogP contribution in [0.1, 0.15) is 40.5 Å². The van der Waals surface area contributed by atoms with E-state index in [1.165, 1.54) is 6.42 Å². The number of piperazine rings is 1. The van der Waals surface area contributed by atoms with Gasteiger partial charge in [-0.15, -0.1) is 6.42 Å². The number of nitrogens with one attached hydrogen (secondary N) is 1. The lowest BCUT2D eigenvalue weighted by molar-refractivity contribution is 0.0679. The van der Waals surface area contributed by atoms with Gasteiger partial charge < -0.3 is 5.32 Å². The average molecular weight is 208 g/mol. The molecular weight excluding hydrogens is 184 g/mol. The van der Waals surface area contributed by atoms with Crippen LogP contribution in [0.5, 0.6) is 0 Å². The Hall–Kier alpha value is -0.520. The summed E-state index contributed by atoms with van der Waals surface area (Å²) in [5.41, 5.74) is 0.233. The molecule has 2 nitrogen and oxygen atoms in total. The van der Waals surface area contributed by atoms with Gasteiger partial charge in [0.25, 0.3) is 0 Å². The highest BCUT2D eigenvalue weighted by Gasteiger charge is 2.35. The van der Waals surface area contributed by atoms with Gasteiger partial charge in [0, 0.05) is 24.7 Å². The standard InChI is InChI=1S/C13H24N2/c1-6-11(4)15-10-13(5,8-3)14-9-12(15)7-2/h1,11-12,14H,7-10H2,2-5H3. The lowest BCUT2D eigenvalue weighted by Gasteiger charge is -2.47. The van der Waals surface area contributed by atoms with Gasteiger partial charge in [-0.25, -0.2) is 0 Å². The predicted octanol–water partition coefficient (Wildman–Crippen LogP) is 1.86. The lowest BCUT2D eigenvalue weighted by Crippen LogP contribution is -2.64. The summed E-state index contributed by atoms with van der Waals surface area (Å²) >= 11 is 0. The second kappa shape index (κ2) is 5.01. The topological polar surface area (TPSA) is 15.3 Å². The number of nitrogens with zero attached hydrogens (tertiary/aromatic N) is 1. The van der Waals surface area contributed by atoms with E-state index in [1.807, 2.05) is 0 Å². The van der Waals surface area contributed by atoms with E-state index in [0.717, 1.165) is 19.5 Å². The Kier molecular flexibility index (Phi) is 4.19. The van der Waals surface area contributed by atoms with E-state index in [-0.39, 0.29) is 11.6 Å². The molecule has 0 aliphatic carbocycles. The summed E-state index contributed by atoms with van der Waals surface area (Å²) < 4.78 is 0. The van der Waals surface area contributed by atoms with Crippen molar-refractivity contribution in [3.8, 4) is 12.3 Å². The zero-order valence-electron chi connectivity index (χ0n) is 10.5. The van der Waals surface area contributed by atoms with E-state index in [4.69, 9.17) is 6.42 Å². The Bertz CT molecular complexity index is 243. The molecule has 0 aromatic carbocycles. The van der Waals surface area contributed by atoms with E-state index in [9.17, 15) is 0 Å². The minimum absolute atomic E-state index is 0.233. The summed E-state index contributed by atoms with van der Waals surface area (Å²) in [5.74, 6) is 2.86. The van der Waals surface area contributed by atoms with Gasteiger partial charge in [0.05, 0.1) is 6.04 Å². The summed E-state index contributed by atoms with van der Waals surface area (Å²) in [5, 5.41) is 3.64. The third kappa shape index (κ3) is 2.74.